The lowest BCUT2D eigenvalue weighted by Crippen LogP contribution is -2.44. The van der Waals surface area contributed by atoms with Crippen molar-refractivity contribution >= 4 is 11.6 Å². The molecule has 0 spiro atoms. The van der Waals surface area contributed by atoms with Crippen molar-refractivity contribution in [1.29, 1.82) is 0 Å². The molecule has 0 aliphatic carbocycles. The molecule has 1 heterocycles. The third-order valence-corrected chi connectivity index (χ3v) is 3.79. The Hall–Kier alpha value is -0.570. The molecule has 0 aromatic heterocycles. The van der Waals surface area contributed by atoms with E-state index >= 15 is 0 Å². The maximum Gasteiger partial charge on any atom is 0.0408 e. The van der Waals surface area contributed by atoms with Crippen LogP contribution >= 0.6 is 11.6 Å². The second kappa shape index (κ2) is 7.13. The van der Waals surface area contributed by atoms with E-state index in [1.165, 1.54) is 31.4 Å². The molecule has 2 atom stereocenters. The summed E-state index contributed by atoms with van der Waals surface area (Å²) in [6, 6.07) is 9.29. The molecule has 0 amide bonds. The first-order valence-electron chi connectivity index (χ1n) is 6.95. The van der Waals surface area contributed by atoms with Crippen LogP contribution in [0.15, 0.2) is 24.3 Å². The topological polar surface area (TPSA) is 24.1 Å². The van der Waals surface area contributed by atoms with Gasteiger partial charge in [-0.05, 0) is 50.4 Å². The Morgan fingerprint density at radius 1 is 1.44 bits per heavy atom. The van der Waals surface area contributed by atoms with Crippen molar-refractivity contribution in [2.75, 3.05) is 13.1 Å². The predicted octanol–water partition coefficient (Wildman–Crippen LogP) is 3.00. The smallest absolute Gasteiger partial charge is 0.0408 e. The molecule has 1 aliphatic rings. The minimum Gasteiger partial charge on any atom is -0.313 e. The molecule has 3 heteroatoms. The Balaban J connectivity index is 1.72. The Morgan fingerprint density at radius 3 is 3.06 bits per heavy atom. The second-order valence-corrected chi connectivity index (χ2v) is 5.73. The van der Waals surface area contributed by atoms with Crippen molar-refractivity contribution in [1.82, 2.24) is 10.6 Å². The molecule has 2 N–H and O–H groups in total. The number of halogens is 1. The Kier molecular flexibility index (Phi) is 5.48. The van der Waals surface area contributed by atoms with Gasteiger partial charge in [-0.3, -0.25) is 0 Å². The zero-order chi connectivity index (χ0) is 12.8. The van der Waals surface area contributed by atoms with Gasteiger partial charge in [-0.25, -0.2) is 0 Å². The van der Waals surface area contributed by atoms with Gasteiger partial charge in [0.05, 0.1) is 0 Å². The van der Waals surface area contributed by atoms with E-state index in [1.807, 2.05) is 12.1 Å². The van der Waals surface area contributed by atoms with Gasteiger partial charge in [-0.15, -0.1) is 0 Å². The van der Waals surface area contributed by atoms with Gasteiger partial charge >= 0.3 is 0 Å². The minimum absolute atomic E-state index is 0.493. The molecule has 0 saturated carbocycles. The highest BCUT2D eigenvalue weighted by molar-refractivity contribution is 6.30. The molecule has 100 valence electrons. The second-order valence-electron chi connectivity index (χ2n) is 5.29. The highest BCUT2D eigenvalue weighted by Gasteiger charge is 2.13. The van der Waals surface area contributed by atoms with Gasteiger partial charge in [-0.2, -0.15) is 0 Å². The normalized spacial score (nSPS) is 21.8. The van der Waals surface area contributed by atoms with E-state index in [0.29, 0.717) is 12.1 Å². The van der Waals surface area contributed by atoms with Crippen LogP contribution < -0.4 is 10.6 Å². The first kappa shape index (κ1) is 13.9. The van der Waals surface area contributed by atoms with Crippen molar-refractivity contribution in [2.24, 2.45) is 0 Å². The van der Waals surface area contributed by atoms with Crippen molar-refractivity contribution in [3.05, 3.63) is 34.9 Å². The van der Waals surface area contributed by atoms with Crippen LogP contribution in [0.4, 0.5) is 0 Å². The summed E-state index contributed by atoms with van der Waals surface area (Å²) in [6.07, 6.45) is 5.03. The predicted molar refractivity (Wildman–Crippen MR) is 78.3 cm³/mol. The zero-order valence-corrected chi connectivity index (χ0v) is 11.8. The summed E-state index contributed by atoms with van der Waals surface area (Å²) in [5.74, 6) is 0. The van der Waals surface area contributed by atoms with Crippen LogP contribution in [0, 0.1) is 0 Å². The van der Waals surface area contributed by atoms with Gasteiger partial charge in [0.15, 0.2) is 0 Å². The standard InChI is InChI=1S/C15H23ClN2/c1-12(9-13-5-4-6-14(16)10-13)18-11-15-7-2-3-8-17-15/h4-6,10,12,15,17-18H,2-3,7-9,11H2,1H3. The number of nitrogens with one attached hydrogen (secondary N) is 2. The average Bonchev–Trinajstić information content (AvgIpc) is 2.38. The van der Waals surface area contributed by atoms with Gasteiger partial charge in [0.1, 0.15) is 0 Å². The third-order valence-electron chi connectivity index (χ3n) is 3.56. The summed E-state index contributed by atoms with van der Waals surface area (Å²) in [5, 5.41) is 8.01. The van der Waals surface area contributed by atoms with Crippen LogP contribution in [0.25, 0.3) is 0 Å². The van der Waals surface area contributed by atoms with Crippen LogP contribution in [0.2, 0.25) is 5.02 Å². The van der Waals surface area contributed by atoms with Crippen LogP contribution in [0.5, 0.6) is 0 Å². The summed E-state index contributed by atoms with van der Waals surface area (Å²) >= 11 is 6.00. The van der Waals surface area contributed by atoms with Gasteiger partial charge in [-0.1, -0.05) is 30.2 Å². The van der Waals surface area contributed by atoms with Crippen LogP contribution in [-0.2, 0) is 6.42 Å². The molecular weight excluding hydrogens is 244 g/mol. The van der Waals surface area contributed by atoms with Crippen molar-refractivity contribution in [3.8, 4) is 0 Å². The molecule has 1 aliphatic heterocycles. The van der Waals surface area contributed by atoms with Crippen LogP contribution in [0.1, 0.15) is 31.7 Å². The fraction of sp³-hybridized carbons (Fsp3) is 0.600. The molecule has 1 aromatic rings. The Morgan fingerprint density at radius 2 is 2.33 bits per heavy atom. The van der Waals surface area contributed by atoms with Crippen LogP contribution in [-0.4, -0.2) is 25.2 Å². The number of hydrogen-bond donors (Lipinski definition) is 2. The summed E-state index contributed by atoms with van der Waals surface area (Å²) in [4.78, 5) is 0. The molecule has 1 aromatic carbocycles. The first-order chi connectivity index (χ1) is 8.74. The minimum atomic E-state index is 0.493. The first-order valence-corrected chi connectivity index (χ1v) is 7.33. The van der Waals surface area contributed by atoms with Crippen molar-refractivity contribution in [3.63, 3.8) is 0 Å². The molecular formula is C15H23ClN2. The fourth-order valence-electron chi connectivity index (χ4n) is 2.53. The Labute approximate surface area is 115 Å². The van der Waals surface area contributed by atoms with E-state index in [1.54, 1.807) is 0 Å². The molecule has 2 nitrogen and oxygen atoms in total. The molecule has 2 unspecified atom stereocenters. The SMILES string of the molecule is CC(Cc1cccc(Cl)c1)NCC1CCCCN1. The summed E-state index contributed by atoms with van der Waals surface area (Å²) in [6.45, 7) is 4.49. The van der Waals surface area contributed by atoms with E-state index in [0.717, 1.165) is 18.0 Å². The molecule has 18 heavy (non-hydrogen) atoms. The molecule has 2 rings (SSSR count). The highest BCUT2D eigenvalue weighted by atomic mass is 35.5. The maximum atomic E-state index is 6.00. The monoisotopic (exact) mass is 266 g/mol. The van der Waals surface area contributed by atoms with E-state index in [-0.39, 0.29) is 0 Å². The van der Waals surface area contributed by atoms with Crippen molar-refractivity contribution in [2.45, 2.75) is 44.7 Å². The maximum absolute atomic E-state index is 6.00. The quantitative estimate of drug-likeness (QED) is 0.856. The largest absolute Gasteiger partial charge is 0.313 e. The van der Waals surface area contributed by atoms with E-state index < -0.39 is 0 Å². The van der Waals surface area contributed by atoms with Gasteiger partial charge in [0.25, 0.3) is 0 Å². The summed E-state index contributed by atoms with van der Waals surface area (Å²) in [7, 11) is 0. The van der Waals surface area contributed by atoms with E-state index in [4.69, 9.17) is 11.6 Å². The fourth-order valence-corrected chi connectivity index (χ4v) is 2.74. The lowest BCUT2D eigenvalue weighted by molar-refractivity contribution is 0.369. The average molecular weight is 267 g/mol. The number of rotatable bonds is 5. The molecule has 0 radical (unpaired) electrons. The lowest BCUT2D eigenvalue weighted by atomic mass is 10.0. The number of piperidine rings is 1. The summed E-state index contributed by atoms with van der Waals surface area (Å²) < 4.78 is 0. The van der Waals surface area contributed by atoms with Gasteiger partial charge in [0.2, 0.25) is 0 Å². The van der Waals surface area contributed by atoms with E-state index in [9.17, 15) is 0 Å². The highest BCUT2D eigenvalue weighted by Crippen LogP contribution is 2.12. The summed E-state index contributed by atoms with van der Waals surface area (Å²) in [5.41, 5.74) is 1.30. The zero-order valence-electron chi connectivity index (χ0n) is 11.1. The van der Waals surface area contributed by atoms with E-state index in [2.05, 4.69) is 29.7 Å². The van der Waals surface area contributed by atoms with Crippen molar-refractivity contribution < 1.29 is 0 Å². The third kappa shape index (κ3) is 4.60. The number of hydrogen-bond acceptors (Lipinski definition) is 2. The number of benzene rings is 1. The van der Waals surface area contributed by atoms with Crippen LogP contribution in [0.3, 0.4) is 0 Å². The Bertz CT molecular complexity index is 361. The molecule has 1 fully saturated rings. The molecule has 0 bridgehead atoms. The van der Waals surface area contributed by atoms with Gasteiger partial charge < -0.3 is 10.6 Å². The van der Waals surface area contributed by atoms with Gasteiger partial charge in [0, 0.05) is 23.7 Å². The molecule has 1 saturated heterocycles. The lowest BCUT2D eigenvalue weighted by Gasteiger charge is -2.25.